The number of hydrogen-bond donors (Lipinski definition) is 1. The summed E-state index contributed by atoms with van der Waals surface area (Å²) in [5, 5.41) is 5.85. The Balaban J connectivity index is 1.94. The average molecular weight is 227 g/mol. The Hall–Kier alpha value is 0.01000. The largest absolute Gasteiger partial charge is 0.309 e. The molecule has 1 aliphatic heterocycles. The first kappa shape index (κ1) is 10.5. The van der Waals surface area contributed by atoms with E-state index in [1.54, 1.807) is 10.4 Å². The number of nitrogens with one attached hydrogen (secondary N) is 1. The fourth-order valence-electron chi connectivity index (χ4n) is 1.91. The highest BCUT2D eigenvalue weighted by molar-refractivity contribution is 7.99. The lowest BCUT2D eigenvalue weighted by Crippen LogP contribution is -2.28. The maximum atomic E-state index is 3.62. The monoisotopic (exact) mass is 227 g/mol. The van der Waals surface area contributed by atoms with E-state index in [1.807, 2.05) is 23.1 Å². The van der Waals surface area contributed by atoms with Crippen molar-refractivity contribution in [2.24, 2.45) is 0 Å². The van der Waals surface area contributed by atoms with Crippen LogP contribution in [0.5, 0.6) is 0 Å². The molecule has 14 heavy (non-hydrogen) atoms. The van der Waals surface area contributed by atoms with Crippen molar-refractivity contribution in [2.45, 2.75) is 25.8 Å². The van der Waals surface area contributed by atoms with Crippen molar-refractivity contribution < 1.29 is 0 Å². The van der Waals surface area contributed by atoms with Crippen molar-refractivity contribution >= 4 is 23.1 Å². The summed E-state index contributed by atoms with van der Waals surface area (Å²) in [5.41, 5.74) is 1.58. The number of rotatable bonds is 4. The van der Waals surface area contributed by atoms with E-state index in [4.69, 9.17) is 0 Å². The van der Waals surface area contributed by atoms with Gasteiger partial charge < -0.3 is 5.32 Å². The molecule has 0 saturated heterocycles. The Labute approximate surface area is 94.3 Å². The Morgan fingerprint density at radius 1 is 1.64 bits per heavy atom. The first-order valence-electron chi connectivity index (χ1n) is 5.29. The van der Waals surface area contributed by atoms with Crippen LogP contribution in [-0.2, 0) is 6.42 Å². The highest BCUT2D eigenvalue weighted by atomic mass is 32.2. The lowest BCUT2D eigenvalue weighted by molar-refractivity contribution is 0.505. The summed E-state index contributed by atoms with van der Waals surface area (Å²) in [6.07, 6.45) is 2.50. The van der Waals surface area contributed by atoms with E-state index in [-0.39, 0.29) is 0 Å². The zero-order chi connectivity index (χ0) is 9.80. The molecule has 1 N–H and O–H groups in total. The molecule has 0 bridgehead atoms. The molecule has 0 saturated carbocycles. The van der Waals surface area contributed by atoms with Crippen LogP contribution in [0, 0.1) is 0 Å². The van der Waals surface area contributed by atoms with Gasteiger partial charge in [-0.15, -0.1) is 11.3 Å². The van der Waals surface area contributed by atoms with Crippen LogP contribution < -0.4 is 5.32 Å². The van der Waals surface area contributed by atoms with Crippen LogP contribution >= 0.6 is 23.1 Å². The lowest BCUT2D eigenvalue weighted by Gasteiger charge is -2.23. The average Bonchev–Trinajstić information content (AvgIpc) is 2.67. The molecule has 0 aliphatic carbocycles. The molecule has 1 aromatic heterocycles. The zero-order valence-corrected chi connectivity index (χ0v) is 10.2. The van der Waals surface area contributed by atoms with Crippen LogP contribution in [0.1, 0.15) is 29.8 Å². The van der Waals surface area contributed by atoms with E-state index < -0.39 is 0 Å². The first-order chi connectivity index (χ1) is 6.92. The second kappa shape index (κ2) is 5.19. The van der Waals surface area contributed by atoms with Gasteiger partial charge in [-0.3, -0.25) is 0 Å². The van der Waals surface area contributed by atoms with Crippen LogP contribution in [0.4, 0.5) is 0 Å². The Morgan fingerprint density at radius 2 is 2.57 bits per heavy atom. The predicted molar refractivity (Wildman–Crippen MR) is 66.4 cm³/mol. The SMILES string of the molecule is CCSCCC1NCCc2ccsc21. The van der Waals surface area contributed by atoms with E-state index in [1.165, 1.54) is 24.3 Å². The third-order valence-electron chi connectivity index (χ3n) is 2.64. The molecule has 1 nitrogen and oxygen atoms in total. The van der Waals surface area contributed by atoms with Gasteiger partial charge in [0.15, 0.2) is 0 Å². The van der Waals surface area contributed by atoms with Gasteiger partial charge in [-0.05, 0) is 47.9 Å². The molecule has 78 valence electrons. The van der Waals surface area contributed by atoms with Gasteiger partial charge in [-0.2, -0.15) is 11.8 Å². The van der Waals surface area contributed by atoms with Gasteiger partial charge in [0.1, 0.15) is 0 Å². The minimum Gasteiger partial charge on any atom is -0.309 e. The summed E-state index contributed by atoms with van der Waals surface area (Å²) in [4.78, 5) is 1.59. The van der Waals surface area contributed by atoms with Gasteiger partial charge in [-0.1, -0.05) is 6.92 Å². The number of thioether (sulfide) groups is 1. The van der Waals surface area contributed by atoms with E-state index in [0.717, 1.165) is 6.54 Å². The fraction of sp³-hybridized carbons (Fsp3) is 0.636. The zero-order valence-electron chi connectivity index (χ0n) is 8.58. The molecule has 0 amide bonds. The summed E-state index contributed by atoms with van der Waals surface area (Å²) in [7, 11) is 0. The molecule has 0 aromatic carbocycles. The van der Waals surface area contributed by atoms with Crippen molar-refractivity contribution in [1.82, 2.24) is 5.32 Å². The van der Waals surface area contributed by atoms with Crippen LogP contribution in [0.2, 0.25) is 0 Å². The molecule has 0 radical (unpaired) electrons. The molecule has 0 spiro atoms. The minimum atomic E-state index is 0.637. The van der Waals surface area contributed by atoms with Gasteiger partial charge >= 0.3 is 0 Å². The van der Waals surface area contributed by atoms with Gasteiger partial charge in [0.2, 0.25) is 0 Å². The van der Waals surface area contributed by atoms with E-state index in [9.17, 15) is 0 Å². The first-order valence-corrected chi connectivity index (χ1v) is 7.32. The van der Waals surface area contributed by atoms with Gasteiger partial charge in [0.05, 0.1) is 0 Å². The van der Waals surface area contributed by atoms with E-state index in [0.29, 0.717) is 6.04 Å². The second-order valence-electron chi connectivity index (χ2n) is 3.55. The number of thiophene rings is 1. The molecule has 1 atom stereocenters. The van der Waals surface area contributed by atoms with E-state index >= 15 is 0 Å². The molecule has 0 fully saturated rings. The molecule has 3 heteroatoms. The smallest absolute Gasteiger partial charge is 0.0425 e. The van der Waals surface area contributed by atoms with Crippen LogP contribution in [-0.4, -0.2) is 18.1 Å². The summed E-state index contributed by atoms with van der Waals surface area (Å²) in [6, 6.07) is 2.93. The van der Waals surface area contributed by atoms with Crippen molar-refractivity contribution in [3.63, 3.8) is 0 Å². The van der Waals surface area contributed by atoms with Crippen molar-refractivity contribution in [1.29, 1.82) is 0 Å². The minimum absolute atomic E-state index is 0.637. The molecule has 1 aliphatic rings. The standard InChI is InChI=1S/C11H17NS2/c1-2-13-7-5-10-11-9(3-6-12-10)4-8-14-11/h4,8,10,12H,2-3,5-7H2,1H3. The van der Waals surface area contributed by atoms with Gasteiger partial charge in [0.25, 0.3) is 0 Å². The highest BCUT2D eigenvalue weighted by Gasteiger charge is 2.19. The molecular weight excluding hydrogens is 210 g/mol. The summed E-state index contributed by atoms with van der Waals surface area (Å²) >= 11 is 3.96. The molecular formula is C11H17NS2. The van der Waals surface area contributed by atoms with E-state index in [2.05, 4.69) is 23.7 Å². The Morgan fingerprint density at radius 3 is 3.43 bits per heavy atom. The topological polar surface area (TPSA) is 12.0 Å². The van der Waals surface area contributed by atoms with Crippen molar-refractivity contribution in [3.05, 3.63) is 21.9 Å². The summed E-state index contributed by atoms with van der Waals surface area (Å²) < 4.78 is 0. The third-order valence-corrected chi connectivity index (χ3v) is 4.64. The third kappa shape index (κ3) is 2.33. The van der Waals surface area contributed by atoms with Gasteiger partial charge in [-0.25, -0.2) is 0 Å². The maximum absolute atomic E-state index is 3.62. The molecule has 2 rings (SSSR count). The molecule has 2 heterocycles. The lowest BCUT2D eigenvalue weighted by atomic mass is 10.0. The quantitative estimate of drug-likeness (QED) is 0.793. The van der Waals surface area contributed by atoms with Crippen molar-refractivity contribution in [3.8, 4) is 0 Å². The second-order valence-corrected chi connectivity index (χ2v) is 5.89. The predicted octanol–water partition coefficient (Wildman–Crippen LogP) is 3.08. The number of hydrogen-bond acceptors (Lipinski definition) is 3. The fourth-order valence-corrected chi connectivity index (χ4v) is 3.67. The Bertz CT molecular complexity index is 283. The number of fused-ring (bicyclic) bond motifs is 1. The van der Waals surface area contributed by atoms with Crippen LogP contribution in [0.25, 0.3) is 0 Å². The van der Waals surface area contributed by atoms with Crippen LogP contribution in [0.3, 0.4) is 0 Å². The summed E-state index contributed by atoms with van der Waals surface area (Å²) in [5.74, 6) is 2.52. The molecule has 1 aromatic rings. The molecule has 1 unspecified atom stereocenters. The van der Waals surface area contributed by atoms with Crippen molar-refractivity contribution in [2.75, 3.05) is 18.1 Å². The van der Waals surface area contributed by atoms with Gasteiger partial charge in [0, 0.05) is 10.9 Å². The normalized spacial score (nSPS) is 20.8. The summed E-state index contributed by atoms with van der Waals surface area (Å²) in [6.45, 7) is 3.39. The van der Waals surface area contributed by atoms with Crippen LogP contribution in [0.15, 0.2) is 11.4 Å². The maximum Gasteiger partial charge on any atom is 0.0425 e. The Kier molecular flexibility index (Phi) is 3.90. The highest BCUT2D eigenvalue weighted by Crippen LogP contribution is 2.30.